The molecule has 0 aromatic heterocycles. The van der Waals surface area contributed by atoms with Crippen LogP contribution in [-0.2, 0) is 55.8 Å². The molecule has 0 spiro atoms. The lowest BCUT2D eigenvalue weighted by atomic mass is 10.0. The molecule has 16 nitrogen and oxygen atoms in total. The topological polar surface area (TPSA) is 231 Å². The second-order valence-electron chi connectivity index (χ2n) is 32.1. The summed E-state index contributed by atoms with van der Waals surface area (Å²) in [6.07, 6.45) is 123. The van der Waals surface area contributed by atoms with E-state index in [4.69, 9.17) is 32.3 Å². The average molecular weight is 1730 g/mol. The number of allylic oxidation sites excluding steroid dienone is 28. The number of aliphatic hydroxyl groups excluding tert-OH is 2. The molecule has 0 heterocycles. The number of ether oxygens (including phenoxy) is 3. The Morgan fingerprint density at radius 2 is 0.438 bits per heavy atom. The predicted octanol–water partition coefficient (Wildman–Crippen LogP) is 30.2. The molecule has 0 radical (unpaired) electrons. The van der Waals surface area contributed by atoms with Gasteiger partial charge in [0.15, 0.2) is 6.10 Å². The summed E-state index contributed by atoms with van der Waals surface area (Å²) >= 11 is 0. The maximum absolute atomic E-state index is 13.1. The molecule has 0 aromatic carbocycles. The molecule has 0 saturated carbocycles. The number of phosphoric ester groups is 2. The SMILES string of the molecule is CC/C=C\C/C=C\C/C=C\C/C=C\C/C=C\C/C=C\CCCCCCCCCCCCCCCCCCC(=O)OCC(O)COP(=O)(O)OCC(O)COP(=O)(O)OCC(COC(=O)CCCCCCCCCCC/C=C\C/C=C\C/C=C\C/C=C\CCCCC)OC(=O)CCCCCCCCCCC/C=C\C/C=C\C/C=C\C/C=C\CCCCC. The van der Waals surface area contributed by atoms with Crippen molar-refractivity contribution in [2.75, 3.05) is 39.6 Å². The molecular weight excluding hydrogens is 1560 g/mol. The van der Waals surface area contributed by atoms with Crippen LogP contribution in [0, 0.1) is 0 Å². The lowest BCUT2D eigenvalue weighted by Gasteiger charge is -2.21. The molecule has 0 amide bonds. The van der Waals surface area contributed by atoms with E-state index in [9.17, 15) is 43.5 Å². The molecule has 0 aliphatic rings. The minimum absolute atomic E-state index is 0.0925. The third-order valence-electron chi connectivity index (χ3n) is 20.4. The predicted molar refractivity (Wildman–Crippen MR) is 509 cm³/mol. The largest absolute Gasteiger partial charge is 0.472 e. The highest BCUT2D eigenvalue weighted by Crippen LogP contribution is 2.45. The fourth-order valence-electron chi connectivity index (χ4n) is 13.1. The van der Waals surface area contributed by atoms with Gasteiger partial charge >= 0.3 is 33.6 Å². The Balaban J connectivity index is 4.58. The first-order valence-electron chi connectivity index (χ1n) is 48.4. The molecule has 0 aliphatic heterocycles. The van der Waals surface area contributed by atoms with E-state index in [1.54, 1.807) is 0 Å². The summed E-state index contributed by atoms with van der Waals surface area (Å²) in [5, 5.41) is 20.8. The van der Waals surface area contributed by atoms with Gasteiger partial charge in [-0.25, -0.2) is 9.13 Å². The van der Waals surface area contributed by atoms with E-state index in [-0.39, 0.29) is 19.3 Å². The van der Waals surface area contributed by atoms with Crippen molar-refractivity contribution < 1.29 is 75.8 Å². The monoisotopic (exact) mass is 1730 g/mol. The summed E-state index contributed by atoms with van der Waals surface area (Å²) in [5.41, 5.74) is 0. The number of unbranched alkanes of at least 4 members (excludes halogenated alkanes) is 40. The molecule has 0 rings (SSSR count). The van der Waals surface area contributed by atoms with Crippen LogP contribution in [0.15, 0.2) is 170 Å². The van der Waals surface area contributed by atoms with Crippen LogP contribution in [0.2, 0.25) is 0 Å². The lowest BCUT2D eigenvalue weighted by Crippen LogP contribution is -2.30. The summed E-state index contributed by atoms with van der Waals surface area (Å²) in [4.78, 5) is 59.1. The van der Waals surface area contributed by atoms with Crippen LogP contribution >= 0.6 is 15.6 Å². The van der Waals surface area contributed by atoms with Crippen LogP contribution in [0.1, 0.15) is 406 Å². The van der Waals surface area contributed by atoms with E-state index in [0.717, 1.165) is 161 Å². The second kappa shape index (κ2) is 94.1. The zero-order valence-corrected chi connectivity index (χ0v) is 78.4. The van der Waals surface area contributed by atoms with E-state index >= 15 is 0 Å². The molecule has 121 heavy (non-hydrogen) atoms. The molecule has 0 aromatic rings. The van der Waals surface area contributed by atoms with Gasteiger partial charge in [-0.15, -0.1) is 0 Å². The maximum atomic E-state index is 13.1. The van der Waals surface area contributed by atoms with E-state index in [1.165, 1.54) is 186 Å². The number of phosphoric acid groups is 2. The van der Waals surface area contributed by atoms with E-state index in [2.05, 4.69) is 191 Å². The third kappa shape index (κ3) is 95.4. The van der Waals surface area contributed by atoms with Crippen LogP contribution in [0.4, 0.5) is 0 Å². The lowest BCUT2D eigenvalue weighted by molar-refractivity contribution is -0.161. The fraction of sp³-hybridized carbons (Fsp3) is 0.699. The van der Waals surface area contributed by atoms with Crippen molar-refractivity contribution in [3.63, 3.8) is 0 Å². The van der Waals surface area contributed by atoms with Crippen LogP contribution in [0.5, 0.6) is 0 Å². The highest BCUT2D eigenvalue weighted by molar-refractivity contribution is 7.47. The standard InChI is InChI=1S/C103H176O16P2/c1-4-7-10-13-16-19-22-25-28-31-34-37-40-43-44-45-46-47-48-49-50-51-52-55-57-59-62-65-68-71-74-77-80-83-86-89-101(106)113-92-98(104)93-115-120(109,110)116-94-99(105)95-117-121(111,112)118-97-100(119-103(108)91-88-85-82-79-76-73-70-67-64-61-58-54-42-39-36-33-30-27-24-21-18-15-12-9-6-3)96-114-102(107)90-87-84-81-78-75-72-69-66-63-60-56-53-41-38-35-32-29-26-23-20-17-14-11-8-5-2/h7,10,16-21,25-30,34-39,43-44,46-47,53-54,56,58,98-100,104-105H,4-6,8-9,11-15,22-24,31-33,40-42,45,48-52,55,57,59-97H2,1-3H3,(H,109,110)(H,111,112)/b10-7-,19-16-,20-17-,21-18-,28-25-,29-26-,30-27-,37-34-,38-35-,39-36-,44-43-,47-46-,56-53-,58-54-. The summed E-state index contributed by atoms with van der Waals surface area (Å²) in [7, 11) is -9.82. The van der Waals surface area contributed by atoms with Gasteiger partial charge in [-0.1, -0.05) is 396 Å². The summed E-state index contributed by atoms with van der Waals surface area (Å²) < 4.78 is 61.6. The summed E-state index contributed by atoms with van der Waals surface area (Å²) in [6.45, 7) is 2.55. The van der Waals surface area contributed by atoms with E-state index in [1.807, 2.05) is 0 Å². The number of esters is 3. The van der Waals surface area contributed by atoms with Gasteiger partial charge in [-0.05, 0) is 161 Å². The number of aliphatic hydroxyl groups is 2. The highest BCUT2D eigenvalue weighted by Gasteiger charge is 2.30. The van der Waals surface area contributed by atoms with Gasteiger partial charge < -0.3 is 34.2 Å². The van der Waals surface area contributed by atoms with Crippen molar-refractivity contribution in [3.8, 4) is 0 Å². The molecular formula is C103H176O16P2. The normalized spacial score (nSPS) is 14.5. The maximum Gasteiger partial charge on any atom is 0.472 e. The van der Waals surface area contributed by atoms with Crippen molar-refractivity contribution in [3.05, 3.63) is 170 Å². The zero-order valence-electron chi connectivity index (χ0n) is 76.6. The molecule has 694 valence electrons. The van der Waals surface area contributed by atoms with Crippen LogP contribution < -0.4 is 0 Å². The summed E-state index contributed by atoms with van der Waals surface area (Å²) in [6, 6.07) is 0. The molecule has 4 N–H and O–H groups in total. The van der Waals surface area contributed by atoms with Crippen molar-refractivity contribution in [2.45, 2.75) is 424 Å². The average Bonchev–Trinajstić information content (AvgIpc) is 0.901. The van der Waals surface area contributed by atoms with Crippen LogP contribution in [0.25, 0.3) is 0 Å². The van der Waals surface area contributed by atoms with Crippen LogP contribution in [-0.4, -0.2) is 95.9 Å². The van der Waals surface area contributed by atoms with Gasteiger partial charge in [0.25, 0.3) is 0 Å². The van der Waals surface area contributed by atoms with Gasteiger partial charge in [-0.3, -0.25) is 32.5 Å². The van der Waals surface area contributed by atoms with Crippen molar-refractivity contribution in [1.29, 1.82) is 0 Å². The van der Waals surface area contributed by atoms with Crippen molar-refractivity contribution in [2.24, 2.45) is 0 Å². The molecule has 0 saturated heterocycles. The minimum Gasteiger partial charge on any atom is -0.463 e. The smallest absolute Gasteiger partial charge is 0.463 e. The molecule has 5 unspecified atom stereocenters. The Hall–Kier alpha value is -5.09. The first kappa shape index (κ1) is 116. The Morgan fingerprint density at radius 3 is 0.694 bits per heavy atom. The number of carbonyl (C=O) groups excluding carboxylic acids is 3. The summed E-state index contributed by atoms with van der Waals surface area (Å²) in [5.74, 6) is -1.58. The van der Waals surface area contributed by atoms with Gasteiger partial charge in [0.05, 0.1) is 26.4 Å². The third-order valence-corrected chi connectivity index (χ3v) is 22.3. The Labute approximate surface area is 739 Å². The quantitative estimate of drug-likeness (QED) is 0.0146. The number of hydrogen-bond acceptors (Lipinski definition) is 14. The number of rotatable bonds is 91. The van der Waals surface area contributed by atoms with Gasteiger partial charge in [0.2, 0.25) is 0 Å². The fourth-order valence-corrected chi connectivity index (χ4v) is 14.7. The molecule has 0 bridgehead atoms. The number of hydrogen-bond donors (Lipinski definition) is 4. The Bertz CT molecular complexity index is 2880. The first-order valence-corrected chi connectivity index (χ1v) is 51.4. The van der Waals surface area contributed by atoms with Gasteiger partial charge in [0, 0.05) is 19.3 Å². The van der Waals surface area contributed by atoms with Crippen molar-refractivity contribution >= 4 is 33.6 Å². The Kier molecular flexibility index (Phi) is 90.1. The zero-order chi connectivity index (χ0) is 87.9. The molecule has 5 atom stereocenters. The Morgan fingerprint density at radius 1 is 0.240 bits per heavy atom. The molecule has 0 aliphatic carbocycles. The highest BCUT2D eigenvalue weighted by atomic mass is 31.2. The molecule has 0 fully saturated rings. The van der Waals surface area contributed by atoms with Crippen LogP contribution in [0.3, 0.4) is 0 Å². The van der Waals surface area contributed by atoms with Crippen molar-refractivity contribution in [1.82, 2.24) is 0 Å². The second-order valence-corrected chi connectivity index (χ2v) is 35.0. The van der Waals surface area contributed by atoms with Gasteiger partial charge in [-0.2, -0.15) is 0 Å². The number of carbonyl (C=O) groups is 3. The van der Waals surface area contributed by atoms with E-state index < -0.39 is 91.5 Å². The van der Waals surface area contributed by atoms with E-state index in [0.29, 0.717) is 19.3 Å². The molecule has 18 heteroatoms. The minimum atomic E-state index is -4.95. The van der Waals surface area contributed by atoms with Gasteiger partial charge in [0.1, 0.15) is 25.4 Å². The first-order chi connectivity index (χ1) is 59.2.